The van der Waals surface area contributed by atoms with E-state index in [1.54, 1.807) is 0 Å². The SMILES string of the molecule is CCCCCCCCCC(CC)(Oc1ccccc1)C1(C2(C3(C4(C5(C6(C7CCO7)CCO6)CCO5)CCO4)CCO3)CCO2)CCO1. The Morgan fingerprint density at radius 1 is 0.617 bits per heavy atom. The molecule has 0 N–H and O–H groups in total. The molecule has 0 radical (unpaired) electrons. The highest BCUT2D eigenvalue weighted by atomic mass is 16.7. The van der Waals surface area contributed by atoms with Crippen molar-refractivity contribution in [1.29, 1.82) is 0 Å². The fourth-order valence-corrected chi connectivity index (χ4v) is 11.2. The Morgan fingerprint density at radius 2 is 1.13 bits per heavy atom. The maximum absolute atomic E-state index is 7.33. The summed E-state index contributed by atoms with van der Waals surface area (Å²) in [6, 6.07) is 10.4. The van der Waals surface area contributed by atoms with E-state index < -0.39 is 39.2 Å². The second-order valence-electron chi connectivity index (χ2n) is 15.4. The summed E-state index contributed by atoms with van der Waals surface area (Å²) in [4.78, 5) is 0. The van der Waals surface area contributed by atoms with Crippen molar-refractivity contribution < 1.29 is 37.9 Å². The predicted molar refractivity (Wildman–Crippen MR) is 177 cm³/mol. The first-order chi connectivity index (χ1) is 23.0. The molecule has 8 nitrogen and oxygen atoms in total. The fraction of sp³-hybridized carbons (Fsp3) is 0.846. The molecule has 262 valence electrons. The van der Waals surface area contributed by atoms with Crippen molar-refractivity contribution in [2.75, 3.05) is 46.2 Å². The summed E-state index contributed by atoms with van der Waals surface area (Å²) in [7, 11) is 0. The molecular weight excluding hydrogens is 596 g/mol. The maximum Gasteiger partial charge on any atom is 0.142 e. The third-order valence-corrected chi connectivity index (χ3v) is 13.9. The molecule has 7 heterocycles. The minimum atomic E-state index is -0.742. The standard InChI is InChI=1S/C39H58O8/c1-3-5-6-7-8-9-13-17-33(4-2,47-31-14-11-10-12-15-31)35(19-26-42-35)37(21-28-44-37)39(23-30-46-39)38(22-29-45-38)36(20-27-43-36)34(18-25-41-34)32-16-24-40-32/h10-12,14-15,32H,3-9,13,16-30H2,1-2H3. The van der Waals surface area contributed by atoms with Crippen LogP contribution in [-0.4, -0.2) is 91.6 Å². The van der Waals surface area contributed by atoms with Gasteiger partial charge in [0, 0.05) is 45.1 Å². The Hall–Kier alpha value is -1.26. The number of benzene rings is 1. The van der Waals surface area contributed by atoms with Crippen LogP contribution >= 0.6 is 0 Å². The Kier molecular flexibility index (Phi) is 8.76. The van der Waals surface area contributed by atoms with E-state index >= 15 is 0 Å². The third kappa shape index (κ3) is 4.25. The van der Waals surface area contributed by atoms with Crippen LogP contribution in [0.1, 0.15) is 117 Å². The van der Waals surface area contributed by atoms with Crippen LogP contribution < -0.4 is 4.74 Å². The molecule has 7 aliphatic rings. The maximum atomic E-state index is 7.33. The minimum absolute atomic E-state index is 0.0235. The second-order valence-corrected chi connectivity index (χ2v) is 15.4. The van der Waals surface area contributed by atoms with Crippen molar-refractivity contribution in [2.45, 2.75) is 162 Å². The molecular formula is C39H58O8. The summed E-state index contributed by atoms with van der Waals surface area (Å²) in [6.45, 7) is 9.49. The molecule has 0 spiro atoms. The average Bonchev–Trinajstić information content (AvgIpc) is 2.92. The van der Waals surface area contributed by atoms with Crippen LogP contribution in [-0.2, 0) is 33.2 Å². The Bertz CT molecular complexity index is 1210. The molecule has 1 aromatic rings. The van der Waals surface area contributed by atoms with E-state index in [1.807, 2.05) is 0 Å². The lowest BCUT2D eigenvalue weighted by molar-refractivity contribution is -0.508. The molecule has 47 heavy (non-hydrogen) atoms. The van der Waals surface area contributed by atoms with Crippen molar-refractivity contribution >= 4 is 0 Å². The smallest absolute Gasteiger partial charge is 0.142 e. The Labute approximate surface area is 281 Å². The van der Waals surface area contributed by atoms with Gasteiger partial charge in [0.15, 0.2) is 0 Å². The van der Waals surface area contributed by atoms with Gasteiger partial charge < -0.3 is 37.9 Å². The monoisotopic (exact) mass is 654 g/mol. The summed E-state index contributed by atoms with van der Waals surface area (Å²) in [5.74, 6) is 0.891. The van der Waals surface area contributed by atoms with Gasteiger partial charge in [0.05, 0.1) is 45.7 Å². The lowest BCUT2D eigenvalue weighted by Gasteiger charge is -2.80. The molecule has 8 heteroatoms. The molecule has 0 aliphatic carbocycles. The van der Waals surface area contributed by atoms with Gasteiger partial charge in [-0.3, -0.25) is 0 Å². The first kappa shape index (κ1) is 32.9. The van der Waals surface area contributed by atoms with Gasteiger partial charge in [-0.2, -0.15) is 0 Å². The van der Waals surface area contributed by atoms with Gasteiger partial charge in [0.25, 0.3) is 0 Å². The van der Waals surface area contributed by atoms with Crippen LogP contribution in [0.3, 0.4) is 0 Å². The Balaban J connectivity index is 1.19. The van der Waals surface area contributed by atoms with E-state index in [1.165, 1.54) is 38.5 Å². The summed E-state index contributed by atoms with van der Waals surface area (Å²) in [6.07, 6.45) is 16.7. The Morgan fingerprint density at radius 3 is 1.53 bits per heavy atom. The van der Waals surface area contributed by atoms with Gasteiger partial charge >= 0.3 is 0 Å². The van der Waals surface area contributed by atoms with Crippen molar-refractivity contribution in [3.05, 3.63) is 30.3 Å². The van der Waals surface area contributed by atoms with Gasteiger partial charge in [0.2, 0.25) is 0 Å². The number of rotatable bonds is 18. The summed E-state index contributed by atoms with van der Waals surface area (Å²) < 4.78 is 55.4. The van der Waals surface area contributed by atoms with Crippen molar-refractivity contribution in [3.8, 4) is 5.75 Å². The summed E-state index contributed by atoms with van der Waals surface area (Å²) in [5, 5.41) is 0. The highest BCUT2D eigenvalue weighted by Crippen LogP contribution is 2.72. The number of hydrogen-bond donors (Lipinski definition) is 0. The molecule has 7 saturated heterocycles. The van der Waals surface area contributed by atoms with E-state index in [9.17, 15) is 0 Å². The first-order valence-corrected chi connectivity index (χ1v) is 19.2. The number of unbranched alkanes of at least 4 members (excludes halogenated alkanes) is 6. The second kappa shape index (κ2) is 12.5. The molecule has 8 atom stereocenters. The van der Waals surface area contributed by atoms with Crippen LogP contribution in [0.25, 0.3) is 0 Å². The first-order valence-electron chi connectivity index (χ1n) is 19.2. The molecule has 8 unspecified atom stereocenters. The molecule has 8 rings (SSSR count). The van der Waals surface area contributed by atoms with E-state index in [0.717, 1.165) is 83.2 Å². The van der Waals surface area contributed by atoms with Crippen molar-refractivity contribution in [2.24, 2.45) is 0 Å². The summed E-state index contributed by atoms with van der Waals surface area (Å²) in [5.41, 5.74) is -4.64. The van der Waals surface area contributed by atoms with Crippen molar-refractivity contribution in [3.63, 3.8) is 0 Å². The van der Waals surface area contributed by atoms with Gasteiger partial charge in [-0.15, -0.1) is 0 Å². The molecule has 0 bridgehead atoms. The largest absolute Gasteiger partial charge is 0.484 e. The van der Waals surface area contributed by atoms with Crippen LogP contribution in [0.5, 0.6) is 5.75 Å². The predicted octanol–water partition coefficient (Wildman–Crippen LogP) is 7.10. The zero-order valence-corrected chi connectivity index (χ0v) is 29.0. The van der Waals surface area contributed by atoms with Crippen molar-refractivity contribution in [1.82, 2.24) is 0 Å². The molecule has 1 aromatic carbocycles. The van der Waals surface area contributed by atoms with Gasteiger partial charge in [-0.25, -0.2) is 0 Å². The highest BCUT2D eigenvalue weighted by Gasteiger charge is 2.90. The lowest BCUT2D eigenvalue weighted by atomic mass is 9.43. The van der Waals surface area contributed by atoms with Crippen LogP contribution in [0.15, 0.2) is 30.3 Å². The van der Waals surface area contributed by atoms with E-state index in [2.05, 4.69) is 44.2 Å². The van der Waals surface area contributed by atoms with Crippen LogP contribution in [0.2, 0.25) is 0 Å². The quantitative estimate of drug-likeness (QED) is 0.155. The zero-order chi connectivity index (χ0) is 32.1. The molecule has 0 amide bonds. The topological polar surface area (TPSA) is 73.8 Å². The fourth-order valence-electron chi connectivity index (χ4n) is 11.2. The van der Waals surface area contributed by atoms with E-state index in [-0.39, 0.29) is 6.10 Å². The van der Waals surface area contributed by atoms with Crippen LogP contribution in [0.4, 0.5) is 0 Å². The zero-order valence-electron chi connectivity index (χ0n) is 29.0. The van der Waals surface area contributed by atoms with Crippen LogP contribution in [0, 0.1) is 0 Å². The molecule has 7 fully saturated rings. The van der Waals surface area contributed by atoms with Gasteiger partial charge in [-0.1, -0.05) is 70.6 Å². The lowest BCUT2D eigenvalue weighted by Crippen LogP contribution is -2.97. The third-order valence-electron chi connectivity index (χ3n) is 13.9. The highest BCUT2D eigenvalue weighted by molar-refractivity contribution is 5.40. The molecule has 0 aromatic heterocycles. The molecule has 0 saturated carbocycles. The molecule has 7 aliphatic heterocycles. The van der Waals surface area contributed by atoms with E-state index in [4.69, 9.17) is 37.9 Å². The number of hydrogen-bond acceptors (Lipinski definition) is 8. The number of ether oxygens (including phenoxy) is 8. The summed E-state index contributed by atoms with van der Waals surface area (Å²) >= 11 is 0. The van der Waals surface area contributed by atoms with Gasteiger partial charge in [0.1, 0.15) is 45.0 Å². The minimum Gasteiger partial charge on any atom is -0.484 e. The normalized spacial score (nSPS) is 43.4. The average molecular weight is 655 g/mol. The number of para-hydroxylation sites is 1. The van der Waals surface area contributed by atoms with E-state index in [0.29, 0.717) is 33.0 Å². The van der Waals surface area contributed by atoms with Gasteiger partial charge in [-0.05, 0) is 37.8 Å².